The van der Waals surface area contributed by atoms with Crippen LogP contribution in [0.15, 0.2) is 42.5 Å². The lowest BCUT2D eigenvalue weighted by atomic mass is 10.0. The molecule has 0 bridgehead atoms. The molecule has 0 fully saturated rings. The second-order valence-electron chi connectivity index (χ2n) is 5.68. The van der Waals surface area contributed by atoms with Crippen molar-refractivity contribution in [1.29, 1.82) is 0 Å². The predicted molar refractivity (Wildman–Crippen MR) is 96.2 cm³/mol. The smallest absolute Gasteiger partial charge is 0.293 e. The molecular formula is C17H18N4O5. The van der Waals surface area contributed by atoms with Crippen LogP contribution in [0.4, 0.5) is 17.1 Å². The van der Waals surface area contributed by atoms with Crippen molar-refractivity contribution in [2.45, 2.75) is 13.0 Å². The number of hydrogen-bond acceptors (Lipinski definition) is 6. The number of hydrogen-bond donors (Lipinski definition) is 1. The maximum Gasteiger partial charge on any atom is 0.293 e. The number of nitro groups is 2. The van der Waals surface area contributed by atoms with E-state index in [0.717, 1.165) is 0 Å². The van der Waals surface area contributed by atoms with Crippen LogP contribution in [-0.4, -0.2) is 34.7 Å². The molecule has 0 radical (unpaired) electrons. The minimum Gasteiger partial charge on any atom is -0.383 e. The third-order valence-electron chi connectivity index (χ3n) is 4.18. The van der Waals surface area contributed by atoms with Gasteiger partial charge in [-0.05, 0) is 24.6 Å². The molecule has 0 aliphatic heterocycles. The molecule has 136 valence electrons. The highest BCUT2D eigenvalue weighted by atomic mass is 16.6. The number of nitrogens with zero attached hydrogens (tertiary/aromatic N) is 3. The standard InChI is InChI=1S/C17H18N4O5/c1-11(12-5-4-6-14(9-12)20(23)24)19(3)17(22)13-7-8-15(18-2)16(10-13)21(25)26/h4-11,18H,1-3H3/t11-/m0/s1. The highest BCUT2D eigenvalue weighted by molar-refractivity contribution is 5.95. The number of non-ortho nitro benzene ring substituents is 1. The van der Waals surface area contributed by atoms with Crippen molar-refractivity contribution in [3.8, 4) is 0 Å². The first-order valence-electron chi connectivity index (χ1n) is 7.74. The van der Waals surface area contributed by atoms with E-state index < -0.39 is 21.8 Å². The molecule has 0 heterocycles. The molecule has 0 aliphatic rings. The van der Waals surface area contributed by atoms with Crippen LogP contribution in [0.5, 0.6) is 0 Å². The minimum atomic E-state index is -0.563. The van der Waals surface area contributed by atoms with E-state index in [1.807, 2.05) is 0 Å². The summed E-state index contributed by atoms with van der Waals surface area (Å²) in [5, 5.41) is 24.8. The van der Waals surface area contributed by atoms with Crippen LogP contribution < -0.4 is 5.32 Å². The van der Waals surface area contributed by atoms with Crippen molar-refractivity contribution in [3.05, 3.63) is 73.8 Å². The van der Waals surface area contributed by atoms with Crippen LogP contribution in [0.2, 0.25) is 0 Å². The van der Waals surface area contributed by atoms with Gasteiger partial charge in [0.25, 0.3) is 17.3 Å². The summed E-state index contributed by atoms with van der Waals surface area (Å²) in [7, 11) is 3.10. The molecule has 9 nitrogen and oxygen atoms in total. The molecule has 1 amide bonds. The van der Waals surface area contributed by atoms with Crippen LogP contribution in [0.25, 0.3) is 0 Å². The van der Waals surface area contributed by atoms with Crippen LogP contribution in [-0.2, 0) is 0 Å². The van der Waals surface area contributed by atoms with Gasteiger partial charge in [-0.1, -0.05) is 12.1 Å². The summed E-state index contributed by atoms with van der Waals surface area (Å²) >= 11 is 0. The van der Waals surface area contributed by atoms with E-state index in [2.05, 4.69) is 5.32 Å². The largest absolute Gasteiger partial charge is 0.383 e. The average molecular weight is 358 g/mol. The Balaban J connectivity index is 2.31. The maximum atomic E-state index is 12.7. The molecular weight excluding hydrogens is 340 g/mol. The van der Waals surface area contributed by atoms with Gasteiger partial charge in [0.15, 0.2) is 0 Å². The zero-order valence-corrected chi connectivity index (χ0v) is 14.5. The summed E-state index contributed by atoms with van der Waals surface area (Å²) in [6.45, 7) is 1.73. The van der Waals surface area contributed by atoms with E-state index in [-0.39, 0.29) is 16.9 Å². The van der Waals surface area contributed by atoms with Crippen molar-refractivity contribution in [3.63, 3.8) is 0 Å². The highest BCUT2D eigenvalue weighted by Gasteiger charge is 2.23. The third-order valence-corrected chi connectivity index (χ3v) is 4.18. The van der Waals surface area contributed by atoms with Crippen LogP contribution in [0.1, 0.15) is 28.9 Å². The summed E-state index contributed by atoms with van der Waals surface area (Å²) in [5.41, 5.74) is 0.798. The molecule has 0 spiro atoms. The average Bonchev–Trinajstić information content (AvgIpc) is 2.65. The van der Waals surface area contributed by atoms with E-state index in [1.165, 1.54) is 35.2 Å². The number of amides is 1. The molecule has 1 atom stereocenters. The summed E-state index contributed by atoms with van der Waals surface area (Å²) in [6.07, 6.45) is 0. The SMILES string of the molecule is CNc1ccc(C(=O)N(C)[C@@H](C)c2cccc([N+](=O)[O-])c2)cc1[N+](=O)[O-]. The lowest BCUT2D eigenvalue weighted by Gasteiger charge is -2.25. The van der Waals surface area contributed by atoms with E-state index in [4.69, 9.17) is 0 Å². The van der Waals surface area contributed by atoms with Crippen molar-refractivity contribution in [2.75, 3.05) is 19.4 Å². The molecule has 0 unspecified atom stereocenters. The highest BCUT2D eigenvalue weighted by Crippen LogP contribution is 2.28. The normalized spacial score (nSPS) is 11.5. The molecule has 0 aliphatic carbocycles. The van der Waals surface area contributed by atoms with Crippen LogP contribution >= 0.6 is 0 Å². The van der Waals surface area contributed by atoms with Crippen molar-refractivity contribution < 1.29 is 14.6 Å². The number of nitrogens with one attached hydrogen (secondary N) is 1. The second kappa shape index (κ2) is 7.60. The number of rotatable bonds is 6. The fourth-order valence-corrected chi connectivity index (χ4v) is 2.53. The number of carbonyl (C=O) groups is 1. The molecule has 2 aromatic carbocycles. The van der Waals surface area contributed by atoms with Gasteiger partial charge in [-0.3, -0.25) is 25.0 Å². The van der Waals surface area contributed by atoms with Gasteiger partial charge in [0.2, 0.25) is 0 Å². The third kappa shape index (κ3) is 3.77. The topological polar surface area (TPSA) is 119 Å². The minimum absolute atomic E-state index is 0.0655. The van der Waals surface area contributed by atoms with E-state index in [0.29, 0.717) is 11.3 Å². The Labute approximate surface area is 149 Å². The monoisotopic (exact) mass is 358 g/mol. The Morgan fingerprint density at radius 3 is 2.38 bits per heavy atom. The molecule has 9 heteroatoms. The van der Waals surface area contributed by atoms with Crippen molar-refractivity contribution >= 4 is 23.0 Å². The van der Waals surface area contributed by atoms with Gasteiger partial charge in [-0.15, -0.1) is 0 Å². The molecule has 2 aromatic rings. The first-order valence-corrected chi connectivity index (χ1v) is 7.74. The Hall–Kier alpha value is -3.49. The first kappa shape index (κ1) is 18.8. The number of nitro benzene ring substituents is 2. The molecule has 0 saturated heterocycles. The number of anilines is 1. The Morgan fingerprint density at radius 1 is 1.12 bits per heavy atom. The quantitative estimate of drug-likeness (QED) is 0.624. The van der Waals surface area contributed by atoms with Gasteiger partial charge in [0, 0.05) is 37.9 Å². The summed E-state index contributed by atoms with van der Waals surface area (Å²) in [4.78, 5) is 35.1. The van der Waals surface area contributed by atoms with Gasteiger partial charge < -0.3 is 10.2 Å². The van der Waals surface area contributed by atoms with Crippen LogP contribution in [0, 0.1) is 20.2 Å². The first-order chi connectivity index (χ1) is 12.3. The molecule has 2 rings (SSSR count). The van der Waals surface area contributed by atoms with E-state index >= 15 is 0 Å². The van der Waals surface area contributed by atoms with Crippen molar-refractivity contribution in [1.82, 2.24) is 4.90 Å². The predicted octanol–water partition coefficient (Wildman–Crippen LogP) is 3.38. The van der Waals surface area contributed by atoms with Gasteiger partial charge in [-0.2, -0.15) is 0 Å². The Kier molecular flexibility index (Phi) is 5.51. The second-order valence-corrected chi connectivity index (χ2v) is 5.68. The number of benzene rings is 2. The molecule has 26 heavy (non-hydrogen) atoms. The zero-order chi connectivity index (χ0) is 19.4. The van der Waals surface area contributed by atoms with Crippen LogP contribution in [0.3, 0.4) is 0 Å². The Bertz CT molecular complexity index is 868. The molecule has 0 saturated carbocycles. The van der Waals surface area contributed by atoms with Crippen molar-refractivity contribution in [2.24, 2.45) is 0 Å². The lowest BCUT2D eigenvalue weighted by Crippen LogP contribution is -2.29. The fraction of sp³-hybridized carbons (Fsp3) is 0.235. The summed E-state index contributed by atoms with van der Waals surface area (Å²) in [6, 6.07) is 9.74. The fourth-order valence-electron chi connectivity index (χ4n) is 2.53. The number of carbonyl (C=O) groups excluding carboxylic acids is 1. The lowest BCUT2D eigenvalue weighted by molar-refractivity contribution is -0.385. The van der Waals surface area contributed by atoms with Gasteiger partial charge >= 0.3 is 0 Å². The summed E-state index contributed by atoms with van der Waals surface area (Å²) in [5.74, 6) is -0.422. The molecule has 1 N–H and O–H groups in total. The Morgan fingerprint density at radius 2 is 1.81 bits per heavy atom. The van der Waals surface area contributed by atoms with Gasteiger partial charge in [0.05, 0.1) is 15.9 Å². The van der Waals surface area contributed by atoms with Gasteiger partial charge in [0.1, 0.15) is 5.69 Å². The van der Waals surface area contributed by atoms with Gasteiger partial charge in [-0.25, -0.2) is 0 Å². The van der Waals surface area contributed by atoms with E-state index in [1.54, 1.807) is 33.2 Å². The summed E-state index contributed by atoms with van der Waals surface area (Å²) < 4.78 is 0. The maximum absolute atomic E-state index is 12.7. The zero-order valence-electron chi connectivity index (χ0n) is 14.5. The molecule has 0 aromatic heterocycles. The van der Waals surface area contributed by atoms with E-state index in [9.17, 15) is 25.0 Å².